The molecule has 5 nitrogen and oxygen atoms in total. The lowest BCUT2D eigenvalue weighted by Crippen LogP contribution is -2.45. The van der Waals surface area contributed by atoms with Crippen molar-refractivity contribution >= 4 is 5.69 Å². The zero-order chi connectivity index (χ0) is 13.0. The predicted octanol–water partition coefficient (Wildman–Crippen LogP) is 1.95. The first-order valence-corrected chi connectivity index (χ1v) is 6.41. The molecular formula is C13H19N3O2. The molecule has 0 spiro atoms. The third-order valence-corrected chi connectivity index (χ3v) is 3.47. The Kier molecular flexibility index (Phi) is 4.28. The summed E-state index contributed by atoms with van der Waals surface area (Å²) in [4.78, 5) is 12.7. The van der Waals surface area contributed by atoms with Crippen molar-refractivity contribution in [3.63, 3.8) is 0 Å². The van der Waals surface area contributed by atoms with Gasteiger partial charge in [-0.1, -0.05) is 19.1 Å². The van der Waals surface area contributed by atoms with Crippen LogP contribution < -0.4 is 5.32 Å². The van der Waals surface area contributed by atoms with E-state index in [-0.39, 0.29) is 10.6 Å². The van der Waals surface area contributed by atoms with Gasteiger partial charge in [0.1, 0.15) is 0 Å². The molecular weight excluding hydrogens is 230 g/mol. The fourth-order valence-corrected chi connectivity index (χ4v) is 2.52. The average Bonchev–Trinajstić information content (AvgIpc) is 2.41. The molecule has 1 aliphatic heterocycles. The highest BCUT2D eigenvalue weighted by Crippen LogP contribution is 2.26. The molecule has 0 aromatic heterocycles. The second kappa shape index (κ2) is 5.93. The summed E-state index contributed by atoms with van der Waals surface area (Å²) in [6, 6.07) is 7.33. The molecule has 1 saturated heterocycles. The maximum Gasteiger partial charge on any atom is 0.269 e. The van der Waals surface area contributed by atoms with E-state index in [9.17, 15) is 10.1 Å². The molecule has 0 bridgehead atoms. The predicted molar refractivity (Wildman–Crippen MR) is 70.6 cm³/mol. The Labute approximate surface area is 107 Å². The summed E-state index contributed by atoms with van der Waals surface area (Å²) in [6.45, 7) is 6.27. The normalized spacial score (nSPS) is 18.5. The van der Waals surface area contributed by atoms with Gasteiger partial charge >= 0.3 is 0 Å². The van der Waals surface area contributed by atoms with Crippen LogP contribution in [0.5, 0.6) is 0 Å². The van der Waals surface area contributed by atoms with Crippen LogP contribution in [-0.4, -0.2) is 36.0 Å². The summed E-state index contributed by atoms with van der Waals surface area (Å²) in [5.74, 6) is 0. The van der Waals surface area contributed by atoms with E-state index >= 15 is 0 Å². The monoisotopic (exact) mass is 249 g/mol. The van der Waals surface area contributed by atoms with E-state index in [1.165, 1.54) is 5.56 Å². The number of nitro groups is 1. The second-order valence-electron chi connectivity index (χ2n) is 4.56. The Morgan fingerprint density at radius 1 is 1.33 bits per heavy atom. The van der Waals surface area contributed by atoms with E-state index in [1.54, 1.807) is 12.1 Å². The fourth-order valence-electron chi connectivity index (χ4n) is 2.52. The number of nitrogens with one attached hydrogen (secondary N) is 1. The van der Waals surface area contributed by atoms with Crippen LogP contribution >= 0.6 is 0 Å². The molecule has 5 heteroatoms. The molecule has 1 aromatic carbocycles. The number of hydrogen-bond donors (Lipinski definition) is 1. The van der Waals surface area contributed by atoms with E-state index in [4.69, 9.17) is 0 Å². The number of piperazine rings is 1. The topological polar surface area (TPSA) is 58.4 Å². The molecule has 1 aromatic rings. The maximum absolute atomic E-state index is 10.6. The van der Waals surface area contributed by atoms with Crippen LogP contribution in [0.3, 0.4) is 0 Å². The van der Waals surface area contributed by atoms with E-state index in [1.807, 2.05) is 12.1 Å². The van der Waals surface area contributed by atoms with Crippen LogP contribution in [0.4, 0.5) is 5.69 Å². The van der Waals surface area contributed by atoms with Crippen molar-refractivity contribution < 1.29 is 4.92 Å². The molecule has 2 rings (SSSR count). The van der Waals surface area contributed by atoms with Crippen molar-refractivity contribution in [2.75, 3.05) is 26.2 Å². The average molecular weight is 249 g/mol. The number of hydrogen-bond acceptors (Lipinski definition) is 4. The number of rotatable bonds is 4. The highest BCUT2D eigenvalue weighted by molar-refractivity contribution is 5.34. The van der Waals surface area contributed by atoms with E-state index < -0.39 is 0 Å². The molecule has 98 valence electrons. The van der Waals surface area contributed by atoms with Gasteiger partial charge in [-0.2, -0.15) is 0 Å². The quantitative estimate of drug-likeness (QED) is 0.654. The third kappa shape index (κ3) is 2.86. The summed E-state index contributed by atoms with van der Waals surface area (Å²) >= 11 is 0. The van der Waals surface area contributed by atoms with Crippen LogP contribution in [0, 0.1) is 10.1 Å². The molecule has 0 radical (unpaired) electrons. The van der Waals surface area contributed by atoms with E-state index in [0.29, 0.717) is 6.04 Å². The number of nitro benzene ring substituents is 1. The lowest BCUT2D eigenvalue weighted by atomic mass is 10.0. The number of non-ortho nitro benzene ring substituents is 1. The first-order chi connectivity index (χ1) is 8.72. The Hall–Kier alpha value is -1.46. The standard InChI is InChI=1S/C13H19N3O2/c1-2-13(15-9-7-14-8-10-15)11-3-5-12(6-4-11)16(17)18/h3-6,13-14H,2,7-10H2,1H3/t13-/m1/s1. The summed E-state index contributed by atoms with van der Waals surface area (Å²) in [7, 11) is 0. The number of nitrogens with zero attached hydrogens (tertiary/aromatic N) is 2. The highest BCUT2D eigenvalue weighted by Gasteiger charge is 2.20. The van der Waals surface area contributed by atoms with Gasteiger partial charge in [0, 0.05) is 44.4 Å². The SMILES string of the molecule is CC[C@H](c1ccc([N+](=O)[O-])cc1)N1CCNCC1. The van der Waals surface area contributed by atoms with Gasteiger partial charge in [0.2, 0.25) is 0 Å². The van der Waals surface area contributed by atoms with Gasteiger partial charge in [0.05, 0.1) is 4.92 Å². The van der Waals surface area contributed by atoms with Crippen molar-refractivity contribution in [1.29, 1.82) is 0 Å². The number of benzene rings is 1. The summed E-state index contributed by atoms with van der Waals surface area (Å²) < 4.78 is 0. The molecule has 1 aliphatic rings. The third-order valence-electron chi connectivity index (χ3n) is 3.47. The Morgan fingerprint density at radius 2 is 1.94 bits per heavy atom. The Morgan fingerprint density at radius 3 is 2.44 bits per heavy atom. The highest BCUT2D eigenvalue weighted by atomic mass is 16.6. The van der Waals surface area contributed by atoms with Gasteiger partial charge in [-0.3, -0.25) is 15.0 Å². The van der Waals surface area contributed by atoms with Crippen LogP contribution in [0.25, 0.3) is 0 Å². The smallest absolute Gasteiger partial charge is 0.269 e. The van der Waals surface area contributed by atoms with Crippen molar-refractivity contribution in [1.82, 2.24) is 10.2 Å². The second-order valence-corrected chi connectivity index (χ2v) is 4.56. The van der Waals surface area contributed by atoms with Gasteiger partial charge in [-0.05, 0) is 12.0 Å². The molecule has 0 saturated carbocycles. The van der Waals surface area contributed by atoms with Gasteiger partial charge < -0.3 is 5.32 Å². The molecule has 1 N–H and O–H groups in total. The van der Waals surface area contributed by atoms with Gasteiger partial charge in [-0.15, -0.1) is 0 Å². The van der Waals surface area contributed by atoms with Crippen LogP contribution in [-0.2, 0) is 0 Å². The largest absolute Gasteiger partial charge is 0.314 e. The summed E-state index contributed by atoms with van der Waals surface area (Å²) in [5.41, 5.74) is 1.33. The van der Waals surface area contributed by atoms with Crippen molar-refractivity contribution in [2.24, 2.45) is 0 Å². The first-order valence-electron chi connectivity index (χ1n) is 6.41. The molecule has 1 heterocycles. The lowest BCUT2D eigenvalue weighted by Gasteiger charge is -2.34. The zero-order valence-corrected chi connectivity index (χ0v) is 10.6. The molecule has 0 aliphatic carbocycles. The van der Waals surface area contributed by atoms with Crippen LogP contribution in [0.1, 0.15) is 24.9 Å². The zero-order valence-electron chi connectivity index (χ0n) is 10.6. The minimum Gasteiger partial charge on any atom is -0.314 e. The summed E-state index contributed by atoms with van der Waals surface area (Å²) in [6.07, 6.45) is 1.03. The molecule has 1 fully saturated rings. The minimum atomic E-state index is -0.352. The van der Waals surface area contributed by atoms with E-state index in [2.05, 4.69) is 17.1 Å². The molecule has 18 heavy (non-hydrogen) atoms. The molecule has 0 unspecified atom stereocenters. The van der Waals surface area contributed by atoms with Crippen molar-refractivity contribution in [2.45, 2.75) is 19.4 Å². The Bertz CT molecular complexity index is 399. The summed E-state index contributed by atoms with van der Waals surface area (Å²) in [5, 5.41) is 14.0. The van der Waals surface area contributed by atoms with Gasteiger partial charge in [-0.25, -0.2) is 0 Å². The van der Waals surface area contributed by atoms with Crippen LogP contribution in [0.2, 0.25) is 0 Å². The van der Waals surface area contributed by atoms with Gasteiger partial charge in [0.15, 0.2) is 0 Å². The van der Waals surface area contributed by atoms with Crippen molar-refractivity contribution in [3.8, 4) is 0 Å². The fraction of sp³-hybridized carbons (Fsp3) is 0.538. The molecule has 1 atom stereocenters. The van der Waals surface area contributed by atoms with Crippen molar-refractivity contribution in [3.05, 3.63) is 39.9 Å². The molecule has 0 amide bonds. The minimum absolute atomic E-state index is 0.161. The Balaban J connectivity index is 2.13. The van der Waals surface area contributed by atoms with E-state index in [0.717, 1.165) is 32.6 Å². The maximum atomic E-state index is 10.6. The van der Waals surface area contributed by atoms with Gasteiger partial charge in [0.25, 0.3) is 5.69 Å². The van der Waals surface area contributed by atoms with Crippen LogP contribution in [0.15, 0.2) is 24.3 Å². The lowest BCUT2D eigenvalue weighted by molar-refractivity contribution is -0.384. The first kappa shape index (κ1) is 13.0.